The normalized spacial score (nSPS) is 11.8. The zero-order valence-corrected chi connectivity index (χ0v) is 16.6. The van der Waals surface area contributed by atoms with Gasteiger partial charge in [-0.05, 0) is 91.2 Å². The van der Waals surface area contributed by atoms with Crippen LogP contribution < -0.4 is 0 Å². The molecule has 1 aromatic heterocycles. The summed E-state index contributed by atoms with van der Waals surface area (Å²) in [6, 6.07) is 8.65. The highest BCUT2D eigenvalue weighted by atomic mass is 127. The van der Waals surface area contributed by atoms with E-state index < -0.39 is 17.4 Å². The Morgan fingerprint density at radius 1 is 1.24 bits per heavy atom. The van der Waals surface area contributed by atoms with Crippen molar-refractivity contribution in [2.75, 3.05) is 0 Å². The summed E-state index contributed by atoms with van der Waals surface area (Å²) in [4.78, 5) is 12.3. The molecule has 4 nitrogen and oxygen atoms in total. The van der Waals surface area contributed by atoms with Crippen molar-refractivity contribution in [3.05, 3.63) is 51.0 Å². The van der Waals surface area contributed by atoms with E-state index >= 15 is 0 Å². The lowest BCUT2D eigenvalue weighted by molar-refractivity contribution is 0.00690. The number of hydrogen-bond donors (Lipinski definition) is 1. The summed E-state index contributed by atoms with van der Waals surface area (Å²) in [5.41, 5.74) is 2.39. The Bertz CT molecular complexity index is 973. The standard InChI is InChI=1S/C19H18FIN2O2/c1-10-14(11-5-6-13-16(9-11)22-23-17(13)21)7-12(8-15(10)20)18(24)25-19(2,3)4/h5-9H,1-4H3,(H,22,23). The maximum absolute atomic E-state index is 14.4. The highest BCUT2D eigenvalue weighted by molar-refractivity contribution is 14.1. The molecular formula is C19H18FIN2O2. The first-order valence-electron chi connectivity index (χ1n) is 7.83. The van der Waals surface area contributed by atoms with Crippen molar-refractivity contribution in [1.82, 2.24) is 10.2 Å². The number of fused-ring (bicyclic) bond motifs is 1. The minimum absolute atomic E-state index is 0.201. The second kappa shape index (κ2) is 6.40. The van der Waals surface area contributed by atoms with Crippen LogP contribution in [0.2, 0.25) is 0 Å². The van der Waals surface area contributed by atoms with E-state index in [-0.39, 0.29) is 5.56 Å². The van der Waals surface area contributed by atoms with Crippen LogP contribution in [0.5, 0.6) is 0 Å². The zero-order chi connectivity index (χ0) is 18.4. The van der Waals surface area contributed by atoms with E-state index in [1.165, 1.54) is 6.07 Å². The SMILES string of the molecule is Cc1c(F)cc(C(=O)OC(C)(C)C)cc1-c1ccc2c(I)n[nH]c2c1. The summed E-state index contributed by atoms with van der Waals surface area (Å²) in [7, 11) is 0. The third-order valence-corrected chi connectivity index (χ3v) is 4.63. The number of nitrogens with one attached hydrogen (secondary N) is 1. The third kappa shape index (κ3) is 3.68. The van der Waals surface area contributed by atoms with Crippen molar-refractivity contribution in [3.8, 4) is 11.1 Å². The molecule has 0 aliphatic heterocycles. The van der Waals surface area contributed by atoms with Crippen LogP contribution in [0.15, 0.2) is 30.3 Å². The van der Waals surface area contributed by atoms with Crippen LogP contribution in [0.1, 0.15) is 36.7 Å². The molecule has 0 amide bonds. The van der Waals surface area contributed by atoms with Crippen molar-refractivity contribution in [3.63, 3.8) is 0 Å². The van der Waals surface area contributed by atoms with Gasteiger partial charge in [0.25, 0.3) is 0 Å². The molecule has 0 aliphatic carbocycles. The van der Waals surface area contributed by atoms with E-state index in [1.54, 1.807) is 33.8 Å². The summed E-state index contributed by atoms with van der Waals surface area (Å²) < 4.78 is 20.6. The number of aromatic amines is 1. The van der Waals surface area contributed by atoms with Gasteiger partial charge in [0, 0.05) is 5.39 Å². The topological polar surface area (TPSA) is 55.0 Å². The van der Waals surface area contributed by atoms with Gasteiger partial charge in [0.2, 0.25) is 0 Å². The second-order valence-corrected chi connectivity index (χ2v) is 7.93. The van der Waals surface area contributed by atoms with Crippen LogP contribution in [0, 0.1) is 16.4 Å². The lowest BCUT2D eigenvalue weighted by Gasteiger charge is -2.20. The number of esters is 1. The highest BCUT2D eigenvalue weighted by Crippen LogP contribution is 2.30. The quantitative estimate of drug-likeness (QED) is 0.428. The summed E-state index contributed by atoms with van der Waals surface area (Å²) in [5, 5.41) is 8.13. The molecule has 3 rings (SSSR count). The highest BCUT2D eigenvalue weighted by Gasteiger charge is 2.20. The molecule has 0 saturated carbocycles. The van der Waals surface area contributed by atoms with Gasteiger partial charge in [0.15, 0.2) is 0 Å². The number of H-pyrrole nitrogens is 1. The number of benzene rings is 2. The van der Waals surface area contributed by atoms with Crippen LogP contribution in [-0.2, 0) is 4.74 Å². The fourth-order valence-electron chi connectivity index (χ4n) is 2.59. The van der Waals surface area contributed by atoms with E-state index in [1.807, 2.05) is 18.2 Å². The van der Waals surface area contributed by atoms with E-state index in [4.69, 9.17) is 4.74 Å². The fourth-order valence-corrected chi connectivity index (χ4v) is 3.18. The summed E-state index contributed by atoms with van der Waals surface area (Å²) >= 11 is 2.15. The molecule has 6 heteroatoms. The van der Waals surface area contributed by atoms with Gasteiger partial charge < -0.3 is 4.74 Å². The maximum Gasteiger partial charge on any atom is 0.338 e. The van der Waals surface area contributed by atoms with Crippen LogP contribution >= 0.6 is 22.6 Å². The molecule has 0 atom stereocenters. The first-order chi connectivity index (χ1) is 11.7. The number of aromatic nitrogens is 2. The van der Waals surface area contributed by atoms with Crippen LogP contribution in [0.4, 0.5) is 4.39 Å². The zero-order valence-electron chi connectivity index (χ0n) is 14.4. The molecule has 0 aliphatic rings. The lowest BCUT2D eigenvalue weighted by atomic mass is 9.96. The molecule has 130 valence electrons. The molecule has 0 spiro atoms. The van der Waals surface area contributed by atoms with Gasteiger partial charge in [-0.25, -0.2) is 9.18 Å². The first kappa shape index (κ1) is 17.8. The van der Waals surface area contributed by atoms with Gasteiger partial charge in [0.1, 0.15) is 15.1 Å². The number of nitrogens with zero attached hydrogens (tertiary/aromatic N) is 1. The van der Waals surface area contributed by atoms with Gasteiger partial charge in [-0.3, -0.25) is 5.10 Å². The predicted octanol–water partition coefficient (Wildman–Crippen LogP) is 5.24. The number of ether oxygens (including phenoxy) is 1. The van der Waals surface area contributed by atoms with E-state index in [9.17, 15) is 9.18 Å². The third-order valence-electron chi connectivity index (χ3n) is 3.81. The van der Waals surface area contributed by atoms with Gasteiger partial charge >= 0.3 is 5.97 Å². The molecule has 0 unspecified atom stereocenters. The molecule has 0 bridgehead atoms. The number of hydrogen-bond acceptors (Lipinski definition) is 3. The fraction of sp³-hybridized carbons (Fsp3) is 0.263. The monoisotopic (exact) mass is 452 g/mol. The van der Waals surface area contributed by atoms with Crippen molar-refractivity contribution >= 4 is 39.5 Å². The van der Waals surface area contributed by atoms with Crippen molar-refractivity contribution in [2.24, 2.45) is 0 Å². The average molecular weight is 452 g/mol. The Labute approximate surface area is 158 Å². The minimum Gasteiger partial charge on any atom is -0.456 e. The Morgan fingerprint density at radius 2 is 1.96 bits per heavy atom. The Balaban J connectivity index is 2.09. The molecular weight excluding hydrogens is 434 g/mol. The van der Waals surface area contributed by atoms with Crippen LogP contribution in [0.25, 0.3) is 22.0 Å². The maximum atomic E-state index is 14.4. The van der Waals surface area contributed by atoms with Crippen molar-refractivity contribution < 1.29 is 13.9 Å². The molecule has 0 saturated heterocycles. The molecule has 1 N–H and O–H groups in total. The number of rotatable bonds is 2. The van der Waals surface area contributed by atoms with Gasteiger partial charge in [0.05, 0.1) is 11.1 Å². The first-order valence-corrected chi connectivity index (χ1v) is 8.91. The van der Waals surface area contributed by atoms with E-state index in [0.29, 0.717) is 11.1 Å². The molecule has 0 radical (unpaired) electrons. The van der Waals surface area contributed by atoms with Crippen molar-refractivity contribution in [1.29, 1.82) is 0 Å². The Kier molecular flexibility index (Phi) is 4.57. The summed E-state index contributed by atoms with van der Waals surface area (Å²) in [5.74, 6) is -0.970. The number of carbonyl (C=O) groups excluding carboxylic acids is 1. The largest absolute Gasteiger partial charge is 0.456 e. The molecule has 3 aromatic rings. The summed E-state index contributed by atoms with van der Waals surface area (Å²) in [6.07, 6.45) is 0. The molecule has 25 heavy (non-hydrogen) atoms. The van der Waals surface area contributed by atoms with Crippen molar-refractivity contribution in [2.45, 2.75) is 33.3 Å². The van der Waals surface area contributed by atoms with Crippen LogP contribution in [-0.4, -0.2) is 21.8 Å². The minimum atomic E-state index is -0.635. The van der Waals surface area contributed by atoms with Gasteiger partial charge in [-0.2, -0.15) is 5.10 Å². The van der Waals surface area contributed by atoms with Gasteiger partial charge in [-0.15, -0.1) is 0 Å². The molecule has 2 aromatic carbocycles. The molecule has 1 heterocycles. The van der Waals surface area contributed by atoms with Crippen LogP contribution in [0.3, 0.4) is 0 Å². The smallest absolute Gasteiger partial charge is 0.338 e. The Hall–Kier alpha value is -1.96. The van der Waals surface area contributed by atoms with E-state index in [2.05, 4.69) is 32.8 Å². The van der Waals surface area contributed by atoms with E-state index in [0.717, 1.165) is 20.2 Å². The average Bonchev–Trinajstić information content (AvgIpc) is 2.89. The number of carbonyl (C=O) groups is 1. The lowest BCUT2D eigenvalue weighted by Crippen LogP contribution is -2.24. The second-order valence-electron chi connectivity index (χ2n) is 6.91. The Morgan fingerprint density at radius 3 is 2.64 bits per heavy atom. The molecule has 0 fully saturated rings. The van der Waals surface area contributed by atoms with Gasteiger partial charge in [-0.1, -0.05) is 6.07 Å². The predicted molar refractivity (Wildman–Crippen MR) is 104 cm³/mol. The summed E-state index contributed by atoms with van der Waals surface area (Å²) in [6.45, 7) is 7.04. The number of halogens is 2.